The molecule has 0 atom stereocenters. The fourth-order valence-corrected chi connectivity index (χ4v) is 5.12. The fourth-order valence-electron chi connectivity index (χ4n) is 5.12. The molecule has 4 aromatic rings. The van der Waals surface area contributed by atoms with Gasteiger partial charge in [0.05, 0.1) is 25.1 Å². The Morgan fingerprint density at radius 2 is 1.77 bits per heavy atom. The van der Waals surface area contributed by atoms with Crippen molar-refractivity contribution in [3.63, 3.8) is 0 Å². The van der Waals surface area contributed by atoms with E-state index in [9.17, 15) is 9.59 Å². The third-order valence-electron chi connectivity index (χ3n) is 6.78. The Labute approximate surface area is 202 Å². The first-order valence-electron chi connectivity index (χ1n) is 11.8. The van der Waals surface area contributed by atoms with Crippen LogP contribution in [0.5, 0.6) is 0 Å². The van der Waals surface area contributed by atoms with Gasteiger partial charge in [0.15, 0.2) is 11.3 Å². The Bertz CT molecular complexity index is 1520. The summed E-state index contributed by atoms with van der Waals surface area (Å²) in [6, 6.07) is 19.4. The SMILES string of the molecule is NCC(=O)Nc1ccc(-c2cccc3c(=O)cc(N4CCOCC4)oc23)c2c1-c1ccccc1C2. The van der Waals surface area contributed by atoms with Crippen LogP contribution in [0.15, 0.2) is 69.9 Å². The minimum atomic E-state index is -0.240. The lowest BCUT2D eigenvalue weighted by atomic mass is 9.93. The summed E-state index contributed by atoms with van der Waals surface area (Å²) in [5.74, 6) is 0.320. The van der Waals surface area contributed by atoms with Crippen molar-refractivity contribution in [1.29, 1.82) is 0 Å². The molecule has 0 bridgehead atoms. The second-order valence-corrected chi connectivity index (χ2v) is 8.83. The molecule has 0 unspecified atom stereocenters. The van der Waals surface area contributed by atoms with E-state index in [1.54, 1.807) is 12.1 Å². The van der Waals surface area contributed by atoms with Crippen molar-refractivity contribution in [3.8, 4) is 22.3 Å². The summed E-state index contributed by atoms with van der Waals surface area (Å²) in [5.41, 5.74) is 13.0. The van der Waals surface area contributed by atoms with Crippen LogP contribution < -0.4 is 21.4 Å². The van der Waals surface area contributed by atoms with Gasteiger partial charge in [-0.15, -0.1) is 0 Å². The van der Waals surface area contributed by atoms with E-state index in [4.69, 9.17) is 14.9 Å². The molecule has 1 fully saturated rings. The lowest BCUT2D eigenvalue weighted by molar-refractivity contribution is -0.114. The summed E-state index contributed by atoms with van der Waals surface area (Å²) in [7, 11) is 0. The number of benzene rings is 3. The Morgan fingerprint density at radius 1 is 0.971 bits per heavy atom. The lowest BCUT2D eigenvalue weighted by Gasteiger charge is -2.27. The molecule has 0 saturated carbocycles. The predicted molar refractivity (Wildman–Crippen MR) is 137 cm³/mol. The highest BCUT2D eigenvalue weighted by atomic mass is 16.5. The molecular formula is C28H25N3O4. The molecule has 1 aromatic heterocycles. The molecule has 35 heavy (non-hydrogen) atoms. The van der Waals surface area contributed by atoms with Gasteiger partial charge in [-0.2, -0.15) is 0 Å². The summed E-state index contributed by atoms with van der Waals surface area (Å²) in [5, 5.41) is 3.50. The van der Waals surface area contributed by atoms with Gasteiger partial charge in [0.1, 0.15) is 5.58 Å². The average molecular weight is 468 g/mol. The van der Waals surface area contributed by atoms with E-state index in [0.717, 1.165) is 39.9 Å². The highest BCUT2D eigenvalue weighted by molar-refractivity contribution is 6.03. The molecule has 176 valence electrons. The van der Waals surface area contributed by atoms with Crippen LogP contribution in [0, 0.1) is 0 Å². The number of hydrogen-bond acceptors (Lipinski definition) is 6. The first kappa shape index (κ1) is 21.6. The molecule has 1 aliphatic heterocycles. The quantitative estimate of drug-likeness (QED) is 0.418. The van der Waals surface area contributed by atoms with Gasteiger partial charge in [-0.1, -0.05) is 42.5 Å². The fraction of sp³-hybridized carbons (Fsp3) is 0.214. The van der Waals surface area contributed by atoms with Crippen LogP contribution in [-0.4, -0.2) is 38.8 Å². The van der Waals surface area contributed by atoms with E-state index in [-0.39, 0.29) is 17.9 Å². The molecule has 0 spiro atoms. The number of amides is 1. The normalized spacial score (nSPS) is 14.6. The van der Waals surface area contributed by atoms with Crippen LogP contribution in [-0.2, 0) is 16.0 Å². The lowest BCUT2D eigenvalue weighted by Crippen LogP contribution is -2.36. The van der Waals surface area contributed by atoms with Gasteiger partial charge in [-0.05, 0) is 40.8 Å². The zero-order chi connectivity index (χ0) is 23.9. The van der Waals surface area contributed by atoms with Gasteiger partial charge in [0.25, 0.3) is 0 Å². The van der Waals surface area contributed by atoms with Gasteiger partial charge < -0.3 is 25.1 Å². The Kier molecular flexibility index (Phi) is 5.36. The highest BCUT2D eigenvalue weighted by Crippen LogP contribution is 2.46. The largest absolute Gasteiger partial charge is 0.440 e. The van der Waals surface area contributed by atoms with Gasteiger partial charge in [-0.25, -0.2) is 0 Å². The summed E-state index contributed by atoms with van der Waals surface area (Å²) >= 11 is 0. The van der Waals surface area contributed by atoms with Crippen molar-refractivity contribution < 1.29 is 13.9 Å². The summed E-state index contributed by atoms with van der Waals surface area (Å²) in [4.78, 5) is 27.3. The van der Waals surface area contributed by atoms with E-state index in [0.29, 0.717) is 43.2 Å². The minimum Gasteiger partial charge on any atom is -0.440 e. The first-order chi connectivity index (χ1) is 17.1. The second kappa shape index (κ2) is 8.69. The number of carbonyl (C=O) groups excluding carboxylic acids is 1. The molecule has 0 radical (unpaired) electrons. The van der Waals surface area contributed by atoms with Crippen LogP contribution >= 0.6 is 0 Å². The standard InChI is InChI=1S/C28H25N3O4/c29-16-25(33)30-23-9-8-19(22-14-17-4-1-2-5-18(17)27(22)23)20-6-3-7-21-24(32)15-26(35-28(20)21)31-10-12-34-13-11-31/h1-9,15H,10-14,16,29H2,(H,30,33). The maximum atomic E-state index is 13.1. The topological polar surface area (TPSA) is 97.8 Å². The zero-order valence-corrected chi connectivity index (χ0v) is 19.2. The molecule has 7 heteroatoms. The molecule has 3 aromatic carbocycles. The number of nitrogens with zero attached hydrogens (tertiary/aromatic N) is 1. The van der Waals surface area contributed by atoms with E-state index in [1.165, 1.54) is 5.56 Å². The van der Waals surface area contributed by atoms with Crippen molar-refractivity contribution >= 4 is 28.4 Å². The average Bonchev–Trinajstić information content (AvgIpc) is 3.29. The summed E-state index contributed by atoms with van der Waals surface area (Å²) in [6.07, 6.45) is 0.719. The van der Waals surface area contributed by atoms with Crippen LogP contribution in [0.3, 0.4) is 0 Å². The summed E-state index contributed by atoms with van der Waals surface area (Å²) < 4.78 is 11.9. The maximum Gasteiger partial charge on any atom is 0.238 e. The number of hydrogen-bond donors (Lipinski definition) is 2. The number of nitrogens with one attached hydrogen (secondary N) is 1. The van der Waals surface area contributed by atoms with E-state index in [1.807, 2.05) is 41.3 Å². The third kappa shape index (κ3) is 3.69. The van der Waals surface area contributed by atoms with Crippen LogP contribution in [0.25, 0.3) is 33.2 Å². The van der Waals surface area contributed by atoms with Crippen LogP contribution in [0.2, 0.25) is 0 Å². The molecule has 6 rings (SSSR count). The number of ether oxygens (including phenoxy) is 1. The van der Waals surface area contributed by atoms with E-state index in [2.05, 4.69) is 17.4 Å². The maximum absolute atomic E-state index is 13.1. The van der Waals surface area contributed by atoms with Crippen molar-refractivity contribution in [2.75, 3.05) is 43.1 Å². The number of nitrogens with two attached hydrogens (primary N) is 1. The first-order valence-corrected chi connectivity index (χ1v) is 11.8. The van der Waals surface area contributed by atoms with E-state index < -0.39 is 0 Å². The monoisotopic (exact) mass is 467 g/mol. The van der Waals surface area contributed by atoms with Gasteiger partial charge >= 0.3 is 0 Å². The molecule has 3 N–H and O–H groups in total. The van der Waals surface area contributed by atoms with Gasteiger partial charge in [0, 0.05) is 36.0 Å². The van der Waals surface area contributed by atoms with Crippen molar-refractivity contribution in [2.24, 2.45) is 5.73 Å². The number of para-hydroxylation sites is 1. The van der Waals surface area contributed by atoms with Gasteiger partial charge in [0.2, 0.25) is 5.91 Å². The molecular weight excluding hydrogens is 442 g/mol. The molecule has 7 nitrogen and oxygen atoms in total. The van der Waals surface area contributed by atoms with Crippen LogP contribution in [0.1, 0.15) is 11.1 Å². The zero-order valence-electron chi connectivity index (χ0n) is 19.2. The minimum absolute atomic E-state index is 0.0682. The Balaban J connectivity index is 1.56. The summed E-state index contributed by atoms with van der Waals surface area (Å²) in [6.45, 7) is 2.47. The Morgan fingerprint density at radius 3 is 2.60 bits per heavy atom. The van der Waals surface area contributed by atoms with Crippen LogP contribution in [0.4, 0.5) is 11.6 Å². The number of fused-ring (bicyclic) bond motifs is 4. The van der Waals surface area contributed by atoms with Gasteiger partial charge in [-0.3, -0.25) is 9.59 Å². The number of morpholine rings is 1. The molecule has 1 aliphatic carbocycles. The molecule has 1 saturated heterocycles. The van der Waals surface area contributed by atoms with E-state index >= 15 is 0 Å². The highest BCUT2D eigenvalue weighted by Gasteiger charge is 2.26. The molecule has 2 heterocycles. The molecule has 1 amide bonds. The van der Waals surface area contributed by atoms with Crippen molar-refractivity contribution in [3.05, 3.63) is 82.0 Å². The number of rotatable bonds is 4. The Hall–Kier alpha value is -3.94. The van der Waals surface area contributed by atoms with Crippen molar-refractivity contribution in [2.45, 2.75) is 6.42 Å². The second-order valence-electron chi connectivity index (χ2n) is 8.83. The van der Waals surface area contributed by atoms with Crippen molar-refractivity contribution in [1.82, 2.24) is 0 Å². The third-order valence-corrected chi connectivity index (χ3v) is 6.78. The molecule has 2 aliphatic rings. The smallest absolute Gasteiger partial charge is 0.238 e. The predicted octanol–water partition coefficient (Wildman–Crippen LogP) is 3.77. The number of carbonyl (C=O) groups is 1. The number of anilines is 2.